The highest BCUT2D eigenvalue weighted by molar-refractivity contribution is 9.10. The SMILES string of the molecule is COc1ccc(CN2C(=O)c3c(C)cc(Br)cc3C2(CCO[Si](C)(C)C(C)(C)C)CCO[Si](C)(C)C(C)(C)C)cc1. The van der Waals surface area contributed by atoms with Gasteiger partial charge in [-0.25, -0.2) is 0 Å². The van der Waals surface area contributed by atoms with E-state index in [2.05, 4.69) is 113 Å². The number of fused-ring (bicyclic) bond motifs is 1. The van der Waals surface area contributed by atoms with Gasteiger partial charge in [0.1, 0.15) is 5.75 Å². The number of methoxy groups -OCH3 is 1. The minimum Gasteiger partial charge on any atom is -0.497 e. The number of rotatable bonds is 11. The summed E-state index contributed by atoms with van der Waals surface area (Å²) in [4.78, 5) is 16.4. The van der Waals surface area contributed by atoms with Gasteiger partial charge in [-0.05, 0) is 97.0 Å². The van der Waals surface area contributed by atoms with Crippen molar-refractivity contribution in [2.75, 3.05) is 20.3 Å². The topological polar surface area (TPSA) is 48.0 Å². The van der Waals surface area contributed by atoms with E-state index in [4.69, 9.17) is 13.6 Å². The van der Waals surface area contributed by atoms with E-state index in [1.807, 2.05) is 19.1 Å². The molecule has 0 fully saturated rings. The van der Waals surface area contributed by atoms with Crippen LogP contribution in [0.4, 0.5) is 0 Å². The van der Waals surface area contributed by atoms with Crippen molar-refractivity contribution in [3.63, 3.8) is 0 Å². The van der Waals surface area contributed by atoms with Gasteiger partial charge in [-0.2, -0.15) is 0 Å². The third kappa shape index (κ3) is 7.20. The van der Waals surface area contributed by atoms with Gasteiger partial charge in [-0.1, -0.05) is 69.6 Å². The number of hydrogen-bond acceptors (Lipinski definition) is 4. The number of benzene rings is 2. The highest BCUT2D eigenvalue weighted by atomic mass is 79.9. The lowest BCUT2D eigenvalue weighted by molar-refractivity contribution is 0.0343. The van der Waals surface area contributed by atoms with Crippen LogP contribution in [0.1, 0.15) is 81.4 Å². The average molecular weight is 663 g/mol. The van der Waals surface area contributed by atoms with Crippen LogP contribution in [0, 0.1) is 6.92 Å². The fourth-order valence-electron chi connectivity index (χ4n) is 5.05. The summed E-state index contributed by atoms with van der Waals surface area (Å²) >= 11 is 3.75. The molecule has 3 rings (SSSR count). The molecule has 0 saturated carbocycles. The zero-order valence-electron chi connectivity index (χ0n) is 27.5. The van der Waals surface area contributed by atoms with Gasteiger partial charge in [0.25, 0.3) is 5.91 Å². The maximum Gasteiger partial charge on any atom is 0.255 e. The Balaban J connectivity index is 2.10. The Morgan fingerprint density at radius 3 is 1.78 bits per heavy atom. The van der Waals surface area contributed by atoms with Crippen molar-refractivity contribution in [3.05, 3.63) is 63.1 Å². The van der Waals surface area contributed by atoms with Crippen LogP contribution in [-0.2, 0) is 20.9 Å². The van der Waals surface area contributed by atoms with Crippen LogP contribution >= 0.6 is 15.9 Å². The fourth-order valence-corrected chi connectivity index (χ4v) is 7.72. The lowest BCUT2D eigenvalue weighted by Crippen LogP contribution is -2.48. The normalized spacial score (nSPS) is 15.8. The first-order valence-electron chi connectivity index (χ1n) is 14.8. The molecule has 1 amide bonds. The number of amides is 1. The van der Waals surface area contributed by atoms with Gasteiger partial charge in [-0.15, -0.1) is 0 Å². The molecule has 0 N–H and O–H groups in total. The van der Waals surface area contributed by atoms with Crippen molar-refractivity contribution in [1.29, 1.82) is 0 Å². The third-order valence-corrected chi connectivity index (χ3v) is 19.4. The Hall–Kier alpha value is -1.46. The number of ether oxygens (including phenoxy) is 1. The van der Waals surface area contributed by atoms with E-state index in [1.54, 1.807) is 7.11 Å². The molecule has 228 valence electrons. The van der Waals surface area contributed by atoms with Crippen LogP contribution in [0.2, 0.25) is 36.3 Å². The highest BCUT2D eigenvalue weighted by Gasteiger charge is 2.51. The van der Waals surface area contributed by atoms with E-state index >= 15 is 0 Å². The second-order valence-electron chi connectivity index (χ2n) is 14.6. The molecule has 0 spiro atoms. The largest absolute Gasteiger partial charge is 0.497 e. The number of carbonyl (C=O) groups is 1. The summed E-state index contributed by atoms with van der Waals surface area (Å²) in [6.45, 7) is 26.5. The number of aryl methyl sites for hydroxylation is 1. The van der Waals surface area contributed by atoms with Crippen molar-refractivity contribution in [2.24, 2.45) is 0 Å². The minimum absolute atomic E-state index is 0.0838. The van der Waals surface area contributed by atoms with Gasteiger partial charge in [0.15, 0.2) is 16.6 Å². The molecule has 1 heterocycles. The second kappa shape index (κ2) is 12.3. The van der Waals surface area contributed by atoms with E-state index in [0.29, 0.717) is 32.6 Å². The van der Waals surface area contributed by atoms with Crippen molar-refractivity contribution in [3.8, 4) is 5.75 Å². The van der Waals surface area contributed by atoms with E-state index < -0.39 is 22.2 Å². The summed E-state index contributed by atoms with van der Waals surface area (Å²) in [5, 5.41) is 0.217. The number of halogens is 1. The molecular weight excluding hydrogens is 610 g/mol. The Morgan fingerprint density at radius 1 is 0.854 bits per heavy atom. The monoisotopic (exact) mass is 661 g/mol. The molecule has 1 aliphatic rings. The summed E-state index contributed by atoms with van der Waals surface area (Å²) < 4.78 is 19.9. The van der Waals surface area contributed by atoms with Gasteiger partial charge in [0.05, 0.1) is 12.6 Å². The molecule has 8 heteroatoms. The summed E-state index contributed by atoms with van der Waals surface area (Å²) in [7, 11) is -2.30. The Morgan fingerprint density at radius 2 is 1.34 bits per heavy atom. The van der Waals surface area contributed by atoms with Gasteiger partial charge in [-0.3, -0.25) is 4.79 Å². The number of carbonyl (C=O) groups excluding carboxylic acids is 1. The molecule has 0 unspecified atom stereocenters. The quantitative estimate of drug-likeness (QED) is 0.225. The van der Waals surface area contributed by atoms with Crippen LogP contribution in [0.5, 0.6) is 5.75 Å². The zero-order chi connectivity index (χ0) is 31.0. The Labute approximate surface area is 259 Å². The van der Waals surface area contributed by atoms with Crippen LogP contribution in [0.25, 0.3) is 0 Å². The van der Waals surface area contributed by atoms with E-state index in [1.165, 1.54) is 0 Å². The predicted molar refractivity (Wildman–Crippen MR) is 179 cm³/mol. The van der Waals surface area contributed by atoms with Gasteiger partial charge < -0.3 is 18.5 Å². The van der Waals surface area contributed by atoms with E-state index in [9.17, 15) is 4.79 Å². The van der Waals surface area contributed by atoms with Crippen molar-refractivity contribution >= 4 is 38.5 Å². The second-order valence-corrected chi connectivity index (χ2v) is 25.2. The smallest absolute Gasteiger partial charge is 0.255 e. The average Bonchev–Trinajstić information content (AvgIpc) is 3.05. The fraction of sp³-hybridized carbons (Fsp3) is 0.606. The molecule has 0 radical (unpaired) electrons. The van der Waals surface area contributed by atoms with E-state index in [-0.39, 0.29) is 16.0 Å². The Kier molecular flexibility index (Phi) is 10.2. The van der Waals surface area contributed by atoms with Crippen molar-refractivity contribution in [1.82, 2.24) is 4.90 Å². The lowest BCUT2D eigenvalue weighted by Gasteiger charge is -2.43. The lowest BCUT2D eigenvalue weighted by atomic mass is 9.82. The van der Waals surface area contributed by atoms with Gasteiger partial charge in [0.2, 0.25) is 0 Å². The molecule has 0 saturated heterocycles. The van der Waals surface area contributed by atoms with Crippen LogP contribution in [-0.4, -0.2) is 47.8 Å². The minimum atomic E-state index is -1.98. The van der Waals surface area contributed by atoms with Crippen LogP contribution in [0.15, 0.2) is 40.9 Å². The third-order valence-electron chi connectivity index (χ3n) is 9.85. The summed E-state index contributed by atoms with van der Waals surface area (Å²) in [6, 6.07) is 12.3. The Bertz CT molecular complexity index is 1200. The van der Waals surface area contributed by atoms with Crippen molar-refractivity contribution < 1.29 is 18.4 Å². The molecule has 0 aliphatic carbocycles. The number of nitrogens with zero attached hydrogens (tertiary/aromatic N) is 1. The van der Waals surface area contributed by atoms with E-state index in [0.717, 1.165) is 32.5 Å². The first-order valence-corrected chi connectivity index (χ1v) is 21.4. The molecule has 1 aliphatic heterocycles. The molecule has 5 nitrogen and oxygen atoms in total. The zero-order valence-corrected chi connectivity index (χ0v) is 31.0. The molecule has 2 aromatic carbocycles. The molecular formula is C33H52BrNO4Si2. The maximum absolute atomic E-state index is 14.3. The summed E-state index contributed by atoms with van der Waals surface area (Å²) in [5.41, 5.74) is 3.42. The summed E-state index contributed by atoms with van der Waals surface area (Å²) in [5.74, 6) is 0.891. The maximum atomic E-state index is 14.3. The highest BCUT2D eigenvalue weighted by Crippen LogP contribution is 2.48. The predicted octanol–water partition coefficient (Wildman–Crippen LogP) is 9.44. The first-order chi connectivity index (χ1) is 18.8. The van der Waals surface area contributed by atoms with Gasteiger partial charge >= 0.3 is 0 Å². The molecule has 0 aromatic heterocycles. The van der Waals surface area contributed by atoms with Crippen molar-refractivity contribution in [2.45, 2.75) is 110 Å². The summed E-state index contributed by atoms with van der Waals surface area (Å²) in [6.07, 6.45) is 1.43. The standard InChI is InChI=1S/C33H52BrNO4Si2/c1-24-21-26(34)22-28-29(24)30(36)35(23-25-13-15-27(37-8)16-14-25)33(28,17-19-38-40(9,10)31(2,3)4)18-20-39-41(11,12)32(5,6)7/h13-16,21-22H,17-20,23H2,1-12H3. The van der Waals surface area contributed by atoms with Gasteiger partial charge in [0, 0.05) is 29.8 Å². The van der Waals surface area contributed by atoms with Crippen LogP contribution in [0.3, 0.4) is 0 Å². The van der Waals surface area contributed by atoms with Crippen LogP contribution < -0.4 is 4.74 Å². The molecule has 0 atom stereocenters. The number of hydrogen-bond donors (Lipinski definition) is 0. The molecule has 2 aromatic rings. The molecule has 0 bridgehead atoms. The first kappa shape index (κ1) is 34.0. The molecule has 41 heavy (non-hydrogen) atoms.